The van der Waals surface area contributed by atoms with Crippen LogP contribution in [0.15, 0.2) is 58.0 Å². The number of nitrogens with zero attached hydrogens (tertiary/aromatic N) is 4. The van der Waals surface area contributed by atoms with Gasteiger partial charge in [-0.05, 0) is 67.2 Å². The van der Waals surface area contributed by atoms with E-state index in [0.29, 0.717) is 26.9 Å². The Labute approximate surface area is 219 Å². The predicted octanol–water partition coefficient (Wildman–Crippen LogP) is 5.31. The maximum atomic E-state index is 12.8. The summed E-state index contributed by atoms with van der Waals surface area (Å²) in [5.41, 5.74) is 2.21. The monoisotopic (exact) mass is 578 g/mol. The number of hydrogen-bond acceptors (Lipinski definition) is 8. The summed E-state index contributed by atoms with van der Waals surface area (Å²) in [6, 6.07) is 12.6. The predicted molar refractivity (Wildman–Crippen MR) is 146 cm³/mol. The highest BCUT2D eigenvalue weighted by molar-refractivity contribution is 9.10. The Kier molecular flexibility index (Phi) is 7.85. The second-order valence-corrected chi connectivity index (χ2v) is 12.4. The zero-order valence-electron chi connectivity index (χ0n) is 19.8. The fourth-order valence-electron chi connectivity index (χ4n) is 3.73. The molecule has 1 aliphatic heterocycles. The maximum absolute atomic E-state index is 12.8. The summed E-state index contributed by atoms with van der Waals surface area (Å²) in [5, 5.41) is 6.44. The van der Waals surface area contributed by atoms with E-state index < -0.39 is 15.1 Å². The van der Waals surface area contributed by atoms with Crippen molar-refractivity contribution in [3.8, 4) is 0 Å². The highest BCUT2D eigenvalue weighted by atomic mass is 79.9. The minimum absolute atomic E-state index is 0.223. The molecule has 1 aliphatic rings. The van der Waals surface area contributed by atoms with Crippen molar-refractivity contribution in [3.63, 3.8) is 0 Å². The first-order valence-electron chi connectivity index (χ1n) is 11.3. The molecule has 1 aromatic heterocycles. The third-order valence-corrected chi connectivity index (χ3v) is 8.95. The second kappa shape index (κ2) is 10.7. The molecule has 0 unspecified atom stereocenters. The molecule has 0 spiro atoms. The van der Waals surface area contributed by atoms with Crippen LogP contribution >= 0.6 is 27.5 Å². The standard InChI is InChI=1S/C24H28BrClN6O2S/c1-16(2)35(33,34)22-7-5-4-6-20(22)29-23-18(25)15-27-24(30-23)28-17-8-9-21(19(26)14-17)32-12-10-31(3)11-13-32/h4-9,14-16H,10-13H2,1-3H3,(H2,27,28,29,30). The number of nitrogens with one attached hydrogen (secondary N) is 2. The summed E-state index contributed by atoms with van der Waals surface area (Å²) in [4.78, 5) is 13.7. The van der Waals surface area contributed by atoms with Crippen LogP contribution in [0.25, 0.3) is 0 Å². The molecule has 1 fully saturated rings. The normalized spacial score (nSPS) is 14.9. The molecule has 0 atom stereocenters. The van der Waals surface area contributed by atoms with Gasteiger partial charge in [-0.3, -0.25) is 0 Å². The minimum Gasteiger partial charge on any atom is -0.368 e. The van der Waals surface area contributed by atoms with Gasteiger partial charge in [-0.15, -0.1) is 0 Å². The zero-order valence-corrected chi connectivity index (χ0v) is 23.0. The average molecular weight is 580 g/mol. The lowest BCUT2D eigenvalue weighted by Crippen LogP contribution is -2.44. The van der Waals surface area contributed by atoms with Gasteiger partial charge in [0.05, 0.1) is 31.0 Å². The Morgan fingerprint density at radius 3 is 2.46 bits per heavy atom. The third-order valence-electron chi connectivity index (χ3n) is 5.86. The van der Waals surface area contributed by atoms with E-state index in [2.05, 4.69) is 53.4 Å². The molecule has 35 heavy (non-hydrogen) atoms. The lowest BCUT2D eigenvalue weighted by molar-refractivity contribution is 0.313. The van der Waals surface area contributed by atoms with Crippen molar-refractivity contribution in [2.75, 3.05) is 48.8 Å². The second-order valence-electron chi connectivity index (χ2n) is 8.69. The van der Waals surface area contributed by atoms with Gasteiger partial charge in [0.15, 0.2) is 9.84 Å². The average Bonchev–Trinajstić information content (AvgIpc) is 2.82. The first kappa shape index (κ1) is 25.7. The number of anilines is 5. The van der Waals surface area contributed by atoms with Gasteiger partial charge < -0.3 is 20.4 Å². The van der Waals surface area contributed by atoms with Gasteiger partial charge in [-0.1, -0.05) is 23.7 Å². The van der Waals surface area contributed by atoms with Gasteiger partial charge in [0.2, 0.25) is 5.95 Å². The molecule has 11 heteroatoms. The highest BCUT2D eigenvalue weighted by Crippen LogP contribution is 2.33. The van der Waals surface area contributed by atoms with Crippen molar-refractivity contribution in [1.29, 1.82) is 0 Å². The molecule has 0 saturated carbocycles. The molecule has 2 aromatic carbocycles. The summed E-state index contributed by atoms with van der Waals surface area (Å²) in [7, 11) is -1.36. The van der Waals surface area contributed by atoms with Crippen LogP contribution in [0.2, 0.25) is 5.02 Å². The Morgan fingerprint density at radius 1 is 1.06 bits per heavy atom. The smallest absolute Gasteiger partial charge is 0.229 e. The molecule has 0 aliphatic carbocycles. The third kappa shape index (κ3) is 5.88. The Balaban J connectivity index is 1.55. The Bertz CT molecular complexity index is 1310. The van der Waals surface area contributed by atoms with Gasteiger partial charge >= 0.3 is 0 Å². The molecule has 2 heterocycles. The minimum atomic E-state index is -3.48. The van der Waals surface area contributed by atoms with Crippen LogP contribution in [0.3, 0.4) is 0 Å². The number of sulfone groups is 1. The van der Waals surface area contributed by atoms with Crippen LogP contribution in [0.4, 0.5) is 28.8 Å². The van der Waals surface area contributed by atoms with Crippen molar-refractivity contribution in [2.24, 2.45) is 0 Å². The van der Waals surface area contributed by atoms with Crippen molar-refractivity contribution < 1.29 is 8.42 Å². The van der Waals surface area contributed by atoms with Crippen LogP contribution in [-0.4, -0.2) is 61.8 Å². The van der Waals surface area contributed by atoms with E-state index >= 15 is 0 Å². The summed E-state index contributed by atoms with van der Waals surface area (Å²) in [5.74, 6) is 0.789. The number of para-hydroxylation sites is 1. The molecule has 0 bridgehead atoms. The number of hydrogen-bond donors (Lipinski definition) is 2. The summed E-state index contributed by atoms with van der Waals surface area (Å²) < 4.78 is 26.2. The largest absolute Gasteiger partial charge is 0.368 e. The van der Waals surface area contributed by atoms with E-state index in [0.717, 1.165) is 37.6 Å². The summed E-state index contributed by atoms with van der Waals surface area (Å²) in [6.07, 6.45) is 1.61. The summed E-state index contributed by atoms with van der Waals surface area (Å²) in [6.45, 7) is 7.19. The lowest BCUT2D eigenvalue weighted by Gasteiger charge is -2.34. The van der Waals surface area contributed by atoms with Gasteiger partial charge in [-0.2, -0.15) is 4.98 Å². The summed E-state index contributed by atoms with van der Waals surface area (Å²) >= 11 is 10.1. The lowest BCUT2D eigenvalue weighted by atomic mass is 10.2. The van der Waals surface area contributed by atoms with Crippen LogP contribution < -0.4 is 15.5 Å². The van der Waals surface area contributed by atoms with Gasteiger partial charge in [0, 0.05) is 38.1 Å². The molecule has 8 nitrogen and oxygen atoms in total. The quantitative estimate of drug-likeness (QED) is 0.389. The molecule has 2 N–H and O–H groups in total. The highest BCUT2D eigenvalue weighted by Gasteiger charge is 2.23. The molecule has 3 aromatic rings. The van der Waals surface area contributed by atoms with Crippen LogP contribution in [0.1, 0.15) is 13.8 Å². The van der Waals surface area contributed by atoms with Crippen molar-refractivity contribution in [3.05, 3.63) is 58.2 Å². The van der Waals surface area contributed by atoms with E-state index in [1.165, 1.54) is 0 Å². The number of halogens is 2. The molecule has 1 saturated heterocycles. The number of likely N-dealkylation sites (N-methyl/N-ethyl adjacent to an activating group) is 1. The zero-order chi connectivity index (χ0) is 25.2. The van der Waals surface area contributed by atoms with Gasteiger partial charge in [0.25, 0.3) is 0 Å². The van der Waals surface area contributed by atoms with Crippen LogP contribution in [0.5, 0.6) is 0 Å². The fraction of sp³-hybridized carbons (Fsp3) is 0.333. The molecule has 4 rings (SSSR count). The Hall–Kier alpha value is -2.40. The van der Waals surface area contributed by atoms with E-state index in [4.69, 9.17) is 11.6 Å². The molecule has 186 valence electrons. The van der Waals surface area contributed by atoms with Crippen LogP contribution in [0, 0.1) is 0 Å². The SMILES string of the molecule is CC(C)S(=O)(=O)c1ccccc1Nc1nc(Nc2ccc(N3CCN(C)CC3)c(Cl)c2)ncc1Br. The maximum Gasteiger partial charge on any atom is 0.229 e. The first-order chi connectivity index (χ1) is 16.6. The molecule has 0 radical (unpaired) electrons. The van der Waals surface area contributed by atoms with E-state index in [9.17, 15) is 8.42 Å². The number of rotatable bonds is 7. The topological polar surface area (TPSA) is 90.5 Å². The molecule has 0 amide bonds. The van der Waals surface area contributed by atoms with Crippen LogP contribution in [-0.2, 0) is 9.84 Å². The van der Waals surface area contributed by atoms with Gasteiger partial charge in [-0.25, -0.2) is 13.4 Å². The number of aromatic nitrogens is 2. The van der Waals surface area contributed by atoms with E-state index in [-0.39, 0.29) is 4.90 Å². The van der Waals surface area contributed by atoms with Crippen molar-refractivity contribution in [1.82, 2.24) is 14.9 Å². The van der Waals surface area contributed by atoms with E-state index in [1.807, 2.05) is 18.2 Å². The fourth-order valence-corrected chi connectivity index (χ4v) is 5.52. The molecular formula is C24H28BrClN6O2S. The van der Waals surface area contributed by atoms with Crippen molar-refractivity contribution >= 4 is 66.2 Å². The van der Waals surface area contributed by atoms with E-state index in [1.54, 1.807) is 44.3 Å². The molecular weight excluding hydrogens is 552 g/mol. The van der Waals surface area contributed by atoms with Gasteiger partial charge in [0.1, 0.15) is 5.82 Å². The number of benzene rings is 2. The van der Waals surface area contributed by atoms with Crippen molar-refractivity contribution in [2.45, 2.75) is 24.0 Å². The number of piperazine rings is 1. The Morgan fingerprint density at radius 2 is 1.77 bits per heavy atom. The first-order valence-corrected chi connectivity index (χ1v) is 14.0.